The van der Waals surface area contributed by atoms with Gasteiger partial charge in [0.1, 0.15) is 10.8 Å². The molecule has 0 aliphatic carbocycles. The second kappa shape index (κ2) is 5.95. The smallest absolute Gasteiger partial charge is 0.224 e. The van der Waals surface area contributed by atoms with Crippen LogP contribution in [0.3, 0.4) is 0 Å². The monoisotopic (exact) mass is 353 g/mol. The van der Waals surface area contributed by atoms with Crippen molar-refractivity contribution in [3.8, 4) is 0 Å². The van der Waals surface area contributed by atoms with E-state index >= 15 is 0 Å². The van der Waals surface area contributed by atoms with Crippen molar-refractivity contribution < 1.29 is 30.0 Å². The molecule has 1 aromatic heterocycles. The zero-order chi connectivity index (χ0) is 15.6. The Balaban J connectivity index is 2.61. The molecule has 13 heteroatoms. The van der Waals surface area contributed by atoms with Crippen molar-refractivity contribution in [3.05, 3.63) is 17.0 Å². The molecule has 20 heavy (non-hydrogen) atoms. The topological polar surface area (TPSA) is 118 Å². The molecule has 0 radical (unpaired) electrons. The van der Waals surface area contributed by atoms with Crippen molar-refractivity contribution in [2.24, 2.45) is 5.14 Å². The molecule has 0 spiro atoms. The second-order valence-electron chi connectivity index (χ2n) is 3.53. The van der Waals surface area contributed by atoms with Gasteiger partial charge in [-0.2, -0.15) is 31.0 Å². The summed E-state index contributed by atoms with van der Waals surface area (Å²) >= 11 is 0.714. The summed E-state index contributed by atoms with van der Waals surface area (Å²) in [4.78, 5) is 0.284. The van der Waals surface area contributed by atoms with Gasteiger partial charge in [0.25, 0.3) is 10.2 Å². The summed E-state index contributed by atoms with van der Waals surface area (Å²) in [5.41, 5.74) is 0. The van der Waals surface area contributed by atoms with E-state index in [2.05, 4.69) is 0 Å². The summed E-state index contributed by atoms with van der Waals surface area (Å²) in [7, 11) is -8.22. The summed E-state index contributed by atoms with van der Waals surface area (Å²) < 4.78 is 82.9. The number of halogens is 3. The number of rotatable bonds is 6. The van der Waals surface area contributed by atoms with Gasteiger partial charge in [0.2, 0.25) is 10.0 Å². The van der Waals surface area contributed by atoms with E-state index in [1.54, 1.807) is 0 Å². The minimum atomic E-state index is -4.67. The van der Waals surface area contributed by atoms with Gasteiger partial charge in [-0.1, -0.05) is 0 Å². The van der Waals surface area contributed by atoms with E-state index in [4.69, 9.17) is 5.14 Å². The Morgan fingerprint density at radius 1 is 1.15 bits per heavy atom. The number of hydrogen-bond acceptors (Lipinski definition) is 5. The van der Waals surface area contributed by atoms with Crippen LogP contribution in [0.4, 0.5) is 13.2 Å². The molecule has 4 N–H and O–H groups in total. The van der Waals surface area contributed by atoms with Crippen LogP contribution in [0.15, 0.2) is 16.3 Å². The Hall–Kier alpha value is -0.730. The number of alkyl halides is 3. The van der Waals surface area contributed by atoms with Crippen molar-refractivity contribution in [1.82, 2.24) is 9.44 Å². The zero-order valence-electron chi connectivity index (χ0n) is 9.64. The molecular formula is C7H10F3N3O4S3. The standard InChI is InChI=1S/C7H10F3N3O4S3/c8-7(9,10)4-13-20(16,17)12-3-5-1-2-6(18-5)19(11,14)15/h1-2,12-13H,3-4H2,(H2,11,14,15). The highest BCUT2D eigenvalue weighted by atomic mass is 32.2. The molecule has 0 fully saturated rings. The SMILES string of the molecule is NS(=O)(=O)c1ccc(CNS(=O)(=O)NCC(F)(F)F)s1. The zero-order valence-corrected chi connectivity index (χ0v) is 12.1. The lowest BCUT2D eigenvalue weighted by atomic mass is 10.5. The Morgan fingerprint density at radius 3 is 2.20 bits per heavy atom. The van der Waals surface area contributed by atoms with E-state index in [1.165, 1.54) is 16.9 Å². The van der Waals surface area contributed by atoms with E-state index in [9.17, 15) is 30.0 Å². The summed E-state index contributed by atoms with van der Waals surface area (Å²) in [5, 5.41) is 4.85. The molecule has 0 unspecified atom stereocenters. The van der Waals surface area contributed by atoms with Crippen LogP contribution in [0.1, 0.15) is 4.88 Å². The number of hydrogen-bond donors (Lipinski definition) is 3. The lowest BCUT2D eigenvalue weighted by Crippen LogP contribution is -2.41. The highest BCUT2D eigenvalue weighted by Crippen LogP contribution is 2.20. The van der Waals surface area contributed by atoms with Crippen LogP contribution in [-0.4, -0.2) is 29.6 Å². The quantitative estimate of drug-likeness (QED) is 0.661. The van der Waals surface area contributed by atoms with E-state index < -0.39 is 33.0 Å². The first-order chi connectivity index (χ1) is 8.89. The van der Waals surface area contributed by atoms with Gasteiger partial charge in [-0.25, -0.2) is 13.6 Å². The fourth-order valence-corrected chi connectivity index (χ4v) is 3.61. The predicted molar refractivity (Wildman–Crippen MR) is 65.5 cm³/mol. The van der Waals surface area contributed by atoms with Gasteiger partial charge in [0.05, 0.1) is 0 Å². The highest BCUT2D eigenvalue weighted by Gasteiger charge is 2.29. The van der Waals surface area contributed by atoms with Crippen LogP contribution in [0.25, 0.3) is 0 Å². The normalized spacial score (nSPS) is 13.6. The Bertz CT molecular complexity index is 665. The van der Waals surface area contributed by atoms with Gasteiger partial charge in [-0.15, -0.1) is 11.3 Å². The van der Waals surface area contributed by atoms with E-state index in [1.807, 2.05) is 4.72 Å². The number of nitrogens with one attached hydrogen (secondary N) is 2. The molecule has 0 amide bonds. The maximum atomic E-state index is 11.9. The average molecular weight is 353 g/mol. The van der Waals surface area contributed by atoms with E-state index in [0.717, 1.165) is 0 Å². The number of sulfonamides is 1. The lowest BCUT2D eigenvalue weighted by molar-refractivity contribution is -0.121. The summed E-state index contributed by atoms with van der Waals surface area (Å²) in [5.74, 6) is 0. The molecule has 1 aromatic rings. The minimum Gasteiger partial charge on any atom is -0.224 e. The molecule has 0 aromatic carbocycles. The van der Waals surface area contributed by atoms with Crippen molar-refractivity contribution in [2.75, 3.05) is 6.54 Å². The van der Waals surface area contributed by atoms with Crippen molar-refractivity contribution in [1.29, 1.82) is 0 Å². The maximum absolute atomic E-state index is 11.9. The fraction of sp³-hybridized carbons (Fsp3) is 0.429. The van der Waals surface area contributed by atoms with Gasteiger partial charge in [0.15, 0.2) is 0 Å². The van der Waals surface area contributed by atoms with Crippen LogP contribution in [0, 0.1) is 0 Å². The Morgan fingerprint density at radius 2 is 1.75 bits per heavy atom. The number of primary sulfonamides is 1. The molecule has 0 atom stereocenters. The minimum absolute atomic E-state index is 0.171. The van der Waals surface area contributed by atoms with Crippen molar-refractivity contribution in [3.63, 3.8) is 0 Å². The van der Waals surface area contributed by atoms with Crippen LogP contribution >= 0.6 is 11.3 Å². The molecule has 0 aliphatic rings. The summed E-state index contributed by atoms with van der Waals surface area (Å²) in [6.07, 6.45) is -4.67. The first kappa shape index (κ1) is 17.3. The summed E-state index contributed by atoms with van der Waals surface area (Å²) in [6.45, 7) is -2.05. The molecular weight excluding hydrogens is 343 g/mol. The van der Waals surface area contributed by atoms with Crippen LogP contribution in [0.5, 0.6) is 0 Å². The molecule has 0 saturated carbocycles. The third kappa shape index (κ3) is 6.15. The van der Waals surface area contributed by atoms with Gasteiger partial charge in [-0.3, -0.25) is 0 Å². The van der Waals surface area contributed by atoms with Crippen LogP contribution in [-0.2, 0) is 26.8 Å². The van der Waals surface area contributed by atoms with Gasteiger partial charge < -0.3 is 0 Å². The lowest BCUT2D eigenvalue weighted by Gasteiger charge is -2.09. The Labute approximate surface area is 117 Å². The van der Waals surface area contributed by atoms with Gasteiger partial charge >= 0.3 is 6.18 Å². The van der Waals surface area contributed by atoms with Crippen molar-refractivity contribution >= 4 is 31.6 Å². The average Bonchev–Trinajstić information content (AvgIpc) is 2.71. The molecule has 116 valence electrons. The molecule has 0 aliphatic heterocycles. The number of nitrogens with two attached hydrogens (primary N) is 1. The molecule has 7 nitrogen and oxygen atoms in total. The molecule has 0 saturated heterocycles. The third-order valence-electron chi connectivity index (χ3n) is 1.82. The Kier molecular flexibility index (Phi) is 5.15. The molecule has 1 rings (SSSR count). The summed E-state index contributed by atoms with van der Waals surface area (Å²) in [6, 6.07) is 2.48. The van der Waals surface area contributed by atoms with E-state index in [0.29, 0.717) is 11.3 Å². The fourth-order valence-electron chi connectivity index (χ4n) is 1.00. The third-order valence-corrected chi connectivity index (χ3v) is 5.39. The predicted octanol–water partition coefficient (Wildman–Crippen LogP) is -0.118. The molecule has 1 heterocycles. The first-order valence-electron chi connectivity index (χ1n) is 4.81. The van der Waals surface area contributed by atoms with Crippen LogP contribution < -0.4 is 14.6 Å². The van der Waals surface area contributed by atoms with Gasteiger partial charge in [0, 0.05) is 11.4 Å². The van der Waals surface area contributed by atoms with E-state index in [-0.39, 0.29) is 15.6 Å². The molecule has 0 bridgehead atoms. The van der Waals surface area contributed by atoms with Crippen LogP contribution in [0.2, 0.25) is 0 Å². The second-order valence-corrected chi connectivity index (χ2v) is 8.07. The van der Waals surface area contributed by atoms with Crippen molar-refractivity contribution in [2.45, 2.75) is 16.9 Å². The first-order valence-corrected chi connectivity index (χ1v) is 8.66. The van der Waals surface area contributed by atoms with Gasteiger partial charge in [-0.05, 0) is 12.1 Å². The largest absolute Gasteiger partial charge is 0.402 e. The number of thiophene rings is 1. The maximum Gasteiger partial charge on any atom is 0.402 e. The highest BCUT2D eigenvalue weighted by molar-refractivity contribution is 7.91.